The standard InChI is InChI=1S/C14H17FN4O4S/c1-22-13-5-9(3-4-11(13)15)24(20,21)19-7-10(14(8-19)23-2)12-6-16-18-17-12/h3-6,10,14H,7-8H2,1-2H3,(H,16,17,18)/t10-,14+/m0/s1. The fourth-order valence-corrected chi connectivity index (χ4v) is 4.29. The molecule has 2 heterocycles. The van der Waals surface area contributed by atoms with Crippen LogP contribution in [-0.4, -0.2) is 61.5 Å². The lowest BCUT2D eigenvalue weighted by molar-refractivity contribution is 0.101. The van der Waals surface area contributed by atoms with Gasteiger partial charge in [-0.2, -0.15) is 19.7 Å². The van der Waals surface area contributed by atoms with Crippen molar-refractivity contribution in [1.82, 2.24) is 19.7 Å². The highest BCUT2D eigenvalue weighted by Crippen LogP contribution is 2.33. The molecule has 1 aromatic heterocycles. The number of nitrogens with one attached hydrogen (secondary N) is 1. The normalized spacial score (nSPS) is 22.0. The number of rotatable bonds is 5. The molecule has 1 aliphatic rings. The van der Waals surface area contributed by atoms with E-state index in [1.54, 1.807) is 6.20 Å². The summed E-state index contributed by atoms with van der Waals surface area (Å²) in [5, 5.41) is 10.3. The fraction of sp³-hybridized carbons (Fsp3) is 0.429. The van der Waals surface area contributed by atoms with Crippen molar-refractivity contribution in [2.24, 2.45) is 0 Å². The SMILES string of the molecule is COc1cc(S(=O)(=O)N2C[C@@H](OC)[C@H](c3cn[nH]n3)C2)ccc1F. The molecule has 0 bridgehead atoms. The molecule has 1 aromatic carbocycles. The number of aromatic nitrogens is 3. The maximum atomic E-state index is 13.5. The van der Waals surface area contributed by atoms with E-state index in [9.17, 15) is 12.8 Å². The second-order valence-electron chi connectivity index (χ2n) is 5.39. The number of sulfonamides is 1. The molecule has 1 saturated heterocycles. The molecular weight excluding hydrogens is 339 g/mol. The van der Waals surface area contributed by atoms with Gasteiger partial charge in [0.2, 0.25) is 10.0 Å². The Morgan fingerprint density at radius 3 is 2.75 bits per heavy atom. The third kappa shape index (κ3) is 2.87. The Labute approximate surface area is 138 Å². The van der Waals surface area contributed by atoms with Crippen molar-refractivity contribution < 1.29 is 22.3 Å². The highest BCUT2D eigenvalue weighted by atomic mass is 32.2. The monoisotopic (exact) mass is 356 g/mol. The summed E-state index contributed by atoms with van der Waals surface area (Å²) >= 11 is 0. The Hall–Kier alpha value is -2.04. The van der Waals surface area contributed by atoms with E-state index in [0.717, 1.165) is 6.07 Å². The van der Waals surface area contributed by atoms with E-state index in [4.69, 9.17) is 9.47 Å². The smallest absolute Gasteiger partial charge is 0.243 e. The molecule has 0 unspecified atom stereocenters. The van der Waals surface area contributed by atoms with Crippen LogP contribution in [0.15, 0.2) is 29.3 Å². The van der Waals surface area contributed by atoms with Crippen LogP contribution >= 0.6 is 0 Å². The summed E-state index contributed by atoms with van der Waals surface area (Å²) in [6, 6.07) is 3.47. The van der Waals surface area contributed by atoms with Gasteiger partial charge in [0, 0.05) is 32.2 Å². The van der Waals surface area contributed by atoms with E-state index in [-0.39, 0.29) is 35.8 Å². The van der Waals surface area contributed by atoms with E-state index < -0.39 is 15.8 Å². The van der Waals surface area contributed by atoms with Crippen molar-refractivity contribution >= 4 is 10.0 Å². The predicted molar refractivity (Wildman–Crippen MR) is 81.6 cm³/mol. The molecule has 3 rings (SSSR count). The number of nitrogens with zero attached hydrogens (tertiary/aromatic N) is 3. The first-order valence-corrected chi connectivity index (χ1v) is 8.63. The molecule has 0 spiro atoms. The average molecular weight is 356 g/mol. The van der Waals surface area contributed by atoms with Gasteiger partial charge in [-0.25, -0.2) is 12.8 Å². The molecule has 1 aliphatic heterocycles. The van der Waals surface area contributed by atoms with Crippen LogP contribution in [0.4, 0.5) is 4.39 Å². The summed E-state index contributed by atoms with van der Waals surface area (Å²) in [6.07, 6.45) is 1.21. The average Bonchev–Trinajstić information content (AvgIpc) is 3.24. The molecule has 0 radical (unpaired) electrons. The van der Waals surface area contributed by atoms with Gasteiger partial charge in [-0.05, 0) is 12.1 Å². The van der Waals surface area contributed by atoms with E-state index in [2.05, 4.69) is 15.4 Å². The highest BCUT2D eigenvalue weighted by Gasteiger charge is 2.41. The van der Waals surface area contributed by atoms with Crippen LogP contribution in [0, 0.1) is 5.82 Å². The van der Waals surface area contributed by atoms with Gasteiger partial charge in [-0.1, -0.05) is 0 Å². The Morgan fingerprint density at radius 1 is 1.33 bits per heavy atom. The molecule has 24 heavy (non-hydrogen) atoms. The number of methoxy groups -OCH3 is 2. The van der Waals surface area contributed by atoms with Crippen LogP contribution in [0.1, 0.15) is 11.6 Å². The van der Waals surface area contributed by atoms with Crippen molar-refractivity contribution in [1.29, 1.82) is 0 Å². The fourth-order valence-electron chi connectivity index (χ4n) is 2.80. The van der Waals surface area contributed by atoms with Gasteiger partial charge in [0.15, 0.2) is 11.6 Å². The number of halogens is 1. The highest BCUT2D eigenvalue weighted by molar-refractivity contribution is 7.89. The minimum atomic E-state index is -3.81. The Bertz CT molecular complexity index is 812. The topological polar surface area (TPSA) is 97.4 Å². The first-order valence-electron chi connectivity index (χ1n) is 7.19. The molecule has 8 nitrogen and oxygen atoms in total. The Kier molecular flexibility index (Phi) is 4.52. The molecular formula is C14H17FN4O4S. The molecule has 2 aromatic rings. The quantitative estimate of drug-likeness (QED) is 0.849. The molecule has 0 amide bonds. The van der Waals surface area contributed by atoms with Gasteiger partial charge in [0.1, 0.15) is 0 Å². The van der Waals surface area contributed by atoms with Crippen molar-refractivity contribution in [3.63, 3.8) is 0 Å². The second-order valence-corrected chi connectivity index (χ2v) is 7.33. The Morgan fingerprint density at radius 2 is 2.12 bits per heavy atom. The summed E-state index contributed by atoms with van der Waals surface area (Å²) in [5.41, 5.74) is 0.635. The summed E-state index contributed by atoms with van der Waals surface area (Å²) in [5.74, 6) is -0.967. The lowest BCUT2D eigenvalue weighted by atomic mass is 10.0. The van der Waals surface area contributed by atoms with Crippen molar-refractivity contribution in [3.8, 4) is 5.75 Å². The van der Waals surface area contributed by atoms with Crippen molar-refractivity contribution in [3.05, 3.63) is 35.9 Å². The molecule has 0 saturated carbocycles. The maximum absolute atomic E-state index is 13.5. The summed E-state index contributed by atoms with van der Waals surface area (Å²) in [6.45, 7) is 0.378. The summed E-state index contributed by atoms with van der Waals surface area (Å²) in [4.78, 5) is -0.0311. The van der Waals surface area contributed by atoms with E-state index in [1.807, 2.05) is 0 Å². The van der Waals surface area contributed by atoms with Crippen LogP contribution in [0.3, 0.4) is 0 Å². The summed E-state index contributed by atoms with van der Waals surface area (Å²) < 4.78 is 50.8. The van der Waals surface area contributed by atoms with Gasteiger partial charge in [0.25, 0.3) is 0 Å². The van der Waals surface area contributed by atoms with Gasteiger partial charge < -0.3 is 9.47 Å². The van der Waals surface area contributed by atoms with Crippen molar-refractivity contribution in [2.45, 2.75) is 16.9 Å². The zero-order chi connectivity index (χ0) is 17.3. The van der Waals surface area contributed by atoms with E-state index >= 15 is 0 Å². The molecule has 130 valence electrons. The number of benzene rings is 1. The Balaban J connectivity index is 1.90. The third-order valence-corrected chi connectivity index (χ3v) is 5.94. The molecule has 0 aliphatic carbocycles. The minimum absolute atomic E-state index is 0.0311. The molecule has 10 heteroatoms. The van der Waals surface area contributed by atoms with E-state index in [0.29, 0.717) is 5.69 Å². The summed E-state index contributed by atoms with van der Waals surface area (Å²) in [7, 11) is -1.00. The van der Waals surface area contributed by atoms with E-state index in [1.165, 1.54) is 30.7 Å². The first-order chi connectivity index (χ1) is 11.5. The van der Waals surface area contributed by atoms with Crippen molar-refractivity contribution in [2.75, 3.05) is 27.3 Å². The van der Waals surface area contributed by atoms with Crippen LogP contribution in [0.5, 0.6) is 5.75 Å². The lowest BCUT2D eigenvalue weighted by Gasteiger charge is -2.16. The first kappa shape index (κ1) is 16.8. The van der Waals surface area contributed by atoms with Crippen LogP contribution in [0.2, 0.25) is 0 Å². The second kappa shape index (κ2) is 6.46. The lowest BCUT2D eigenvalue weighted by Crippen LogP contribution is -2.30. The van der Waals surface area contributed by atoms with Gasteiger partial charge in [0.05, 0.1) is 30.0 Å². The number of ether oxygens (including phenoxy) is 2. The van der Waals surface area contributed by atoms with Gasteiger partial charge in [-0.15, -0.1) is 0 Å². The maximum Gasteiger partial charge on any atom is 0.243 e. The predicted octanol–water partition coefficient (Wildman–Crippen LogP) is 0.756. The number of aromatic amines is 1. The number of hydrogen-bond donors (Lipinski definition) is 1. The number of hydrogen-bond acceptors (Lipinski definition) is 6. The van der Waals surface area contributed by atoms with Gasteiger partial charge >= 0.3 is 0 Å². The zero-order valence-corrected chi connectivity index (χ0v) is 14.0. The van der Waals surface area contributed by atoms with Gasteiger partial charge in [-0.3, -0.25) is 0 Å². The molecule has 1 fully saturated rings. The number of H-pyrrole nitrogens is 1. The zero-order valence-electron chi connectivity index (χ0n) is 13.1. The largest absolute Gasteiger partial charge is 0.494 e. The van der Waals surface area contributed by atoms with Crippen LogP contribution < -0.4 is 4.74 Å². The van der Waals surface area contributed by atoms with Crippen LogP contribution in [0.25, 0.3) is 0 Å². The minimum Gasteiger partial charge on any atom is -0.494 e. The third-order valence-electron chi connectivity index (χ3n) is 4.11. The molecule has 2 atom stereocenters. The molecule has 1 N–H and O–H groups in total. The van der Waals surface area contributed by atoms with Crippen LogP contribution in [-0.2, 0) is 14.8 Å².